The van der Waals surface area contributed by atoms with Crippen LogP contribution in [0.5, 0.6) is 0 Å². The molecule has 1 aromatic carbocycles. The van der Waals surface area contributed by atoms with Gasteiger partial charge in [0, 0.05) is 17.0 Å². The third-order valence-corrected chi connectivity index (χ3v) is 5.14. The number of carbonyl (C=O) groups excluding carboxylic acids is 1. The Balaban J connectivity index is 2.07. The van der Waals surface area contributed by atoms with E-state index < -0.39 is 17.7 Å². The summed E-state index contributed by atoms with van der Waals surface area (Å²) in [5.41, 5.74) is 0.847. The van der Waals surface area contributed by atoms with Crippen LogP contribution in [-0.4, -0.2) is 11.7 Å². The van der Waals surface area contributed by atoms with E-state index in [1.165, 1.54) is 6.20 Å². The van der Waals surface area contributed by atoms with Crippen molar-refractivity contribution in [3.05, 3.63) is 93.6 Å². The summed E-state index contributed by atoms with van der Waals surface area (Å²) >= 11 is 1.55. The van der Waals surface area contributed by atoms with Crippen molar-refractivity contribution in [2.24, 2.45) is 0 Å². The first-order valence-corrected chi connectivity index (χ1v) is 9.99. The summed E-state index contributed by atoms with van der Waals surface area (Å²) in [5, 5.41) is 17.5. The molecule has 1 amide bonds. The Morgan fingerprint density at radius 3 is 2.39 bits per heavy atom. The number of amides is 1. The maximum atomic E-state index is 12.6. The number of hydrogen-bond donors (Lipinski definition) is 1. The number of hydrogen-bond acceptors (Lipinski definition) is 4. The van der Waals surface area contributed by atoms with Crippen LogP contribution >= 0.6 is 11.3 Å². The maximum absolute atomic E-state index is 12.6. The normalized spacial score (nSPS) is 13.5. The molecule has 3 rings (SSSR count). The second kappa shape index (κ2) is 8.44. The highest BCUT2D eigenvalue weighted by Gasteiger charge is 2.34. The van der Waals surface area contributed by atoms with Gasteiger partial charge in [0.15, 0.2) is 6.20 Å². The number of nitrogens with one attached hydrogen (secondary N) is 1. The van der Waals surface area contributed by atoms with E-state index in [1.54, 1.807) is 23.5 Å². The van der Waals surface area contributed by atoms with E-state index in [4.69, 9.17) is 4.74 Å². The second-order valence-electron chi connectivity index (χ2n) is 7.48. The number of ether oxygens (including phenoxy) is 1. The molecule has 5 nitrogen and oxygen atoms in total. The lowest BCUT2D eigenvalue weighted by molar-refractivity contribution is -0.615. The number of carbonyl (C=O) groups is 1. The number of benzene rings is 1. The first-order chi connectivity index (χ1) is 13.3. The Kier molecular flexibility index (Phi) is 5.99. The van der Waals surface area contributed by atoms with Crippen molar-refractivity contribution in [2.45, 2.75) is 38.3 Å². The average Bonchev–Trinajstić information content (AvgIpc) is 3.16. The van der Waals surface area contributed by atoms with Crippen LogP contribution in [0, 0.1) is 5.21 Å². The van der Waals surface area contributed by atoms with Gasteiger partial charge >= 0.3 is 6.09 Å². The molecule has 2 atom stereocenters. The van der Waals surface area contributed by atoms with Crippen LogP contribution in [0.4, 0.5) is 4.79 Å². The average molecular weight is 397 g/mol. The lowest BCUT2D eigenvalue weighted by Crippen LogP contribution is -2.41. The van der Waals surface area contributed by atoms with E-state index in [1.807, 2.05) is 74.7 Å². The molecule has 0 fully saturated rings. The van der Waals surface area contributed by atoms with Crippen LogP contribution in [0.2, 0.25) is 0 Å². The van der Waals surface area contributed by atoms with E-state index in [9.17, 15) is 10.0 Å². The van der Waals surface area contributed by atoms with Crippen molar-refractivity contribution in [1.29, 1.82) is 0 Å². The van der Waals surface area contributed by atoms with Crippen molar-refractivity contribution in [1.82, 2.24) is 5.32 Å². The van der Waals surface area contributed by atoms with Gasteiger partial charge in [-0.15, -0.1) is 11.3 Å². The van der Waals surface area contributed by atoms with Crippen LogP contribution in [0.25, 0.3) is 0 Å². The molecule has 146 valence electrons. The molecule has 0 aliphatic rings. The van der Waals surface area contributed by atoms with E-state index in [2.05, 4.69) is 5.32 Å². The first-order valence-electron chi connectivity index (χ1n) is 9.11. The van der Waals surface area contributed by atoms with Crippen molar-refractivity contribution in [2.75, 3.05) is 0 Å². The van der Waals surface area contributed by atoms with Gasteiger partial charge in [0.2, 0.25) is 5.69 Å². The van der Waals surface area contributed by atoms with Gasteiger partial charge in [-0.3, -0.25) is 0 Å². The molecule has 2 heterocycles. The molecule has 3 aromatic rings. The SMILES string of the molecule is CC(C)(C)OC(=O)N[C@@H](c1ccccc1)[C@@H](c1cccs1)c1cccc[n+]1[O-]. The molecule has 0 saturated carbocycles. The van der Waals surface area contributed by atoms with Gasteiger partial charge < -0.3 is 15.3 Å². The third-order valence-electron chi connectivity index (χ3n) is 4.19. The molecule has 0 radical (unpaired) electrons. The lowest BCUT2D eigenvalue weighted by atomic mass is 9.88. The van der Waals surface area contributed by atoms with Gasteiger partial charge in [0.1, 0.15) is 11.5 Å². The highest BCUT2D eigenvalue weighted by molar-refractivity contribution is 7.10. The molecule has 0 bridgehead atoms. The summed E-state index contributed by atoms with van der Waals surface area (Å²) in [5.74, 6) is -0.353. The molecule has 0 unspecified atom stereocenters. The minimum Gasteiger partial charge on any atom is -0.618 e. The zero-order chi connectivity index (χ0) is 20.1. The standard InChI is InChI=1S/C22H24N2O3S/c1-22(2,3)27-21(25)23-20(16-10-5-4-6-11-16)19(18-13-9-15-28-18)17-12-7-8-14-24(17)26/h4-15,19-20H,1-3H3,(H,23,25)/t19-,20+/m1/s1. The van der Waals surface area contributed by atoms with Crippen LogP contribution in [0.15, 0.2) is 72.2 Å². The molecule has 28 heavy (non-hydrogen) atoms. The predicted molar refractivity (Wildman–Crippen MR) is 110 cm³/mol. The van der Waals surface area contributed by atoms with Gasteiger partial charge in [-0.25, -0.2) is 4.79 Å². The summed E-state index contributed by atoms with van der Waals surface area (Å²) in [7, 11) is 0. The van der Waals surface area contributed by atoms with Crippen molar-refractivity contribution < 1.29 is 14.3 Å². The number of nitrogens with zero attached hydrogens (tertiary/aromatic N) is 1. The first kappa shape index (κ1) is 19.9. The zero-order valence-corrected chi connectivity index (χ0v) is 17.0. The number of rotatable bonds is 5. The molecule has 0 spiro atoms. The topological polar surface area (TPSA) is 65.3 Å². The van der Waals surface area contributed by atoms with Crippen molar-refractivity contribution in [3.8, 4) is 0 Å². The Morgan fingerprint density at radius 2 is 1.79 bits per heavy atom. The third kappa shape index (κ3) is 4.89. The van der Waals surface area contributed by atoms with E-state index >= 15 is 0 Å². The Bertz CT molecular complexity index is 905. The monoisotopic (exact) mass is 396 g/mol. The Morgan fingerprint density at radius 1 is 1.07 bits per heavy atom. The van der Waals surface area contributed by atoms with Gasteiger partial charge in [-0.1, -0.05) is 36.4 Å². The van der Waals surface area contributed by atoms with E-state index in [-0.39, 0.29) is 5.92 Å². The summed E-state index contributed by atoms with van der Waals surface area (Å²) in [6, 6.07) is 18.4. The Hall–Kier alpha value is -2.86. The molecule has 0 aliphatic heterocycles. The smallest absolute Gasteiger partial charge is 0.408 e. The highest BCUT2D eigenvalue weighted by Crippen LogP contribution is 2.37. The molecule has 6 heteroatoms. The van der Waals surface area contributed by atoms with Crippen molar-refractivity contribution in [3.63, 3.8) is 0 Å². The summed E-state index contributed by atoms with van der Waals surface area (Å²) < 4.78 is 6.35. The zero-order valence-electron chi connectivity index (χ0n) is 16.2. The number of thiophene rings is 1. The van der Waals surface area contributed by atoms with Crippen LogP contribution in [0.3, 0.4) is 0 Å². The largest absolute Gasteiger partial charge is 0.618 e. The summed E-state index contributed by atoms with van der Waals surface area (Å²) in [6.07, 6.45) is 0.960. The number of pyridine rings is 1. The van der Waals surface area contributed by atoms with Crippen LogP contribution in [0.1, 0.15) is 48.9 Å². The molecule has 1 N–H and O–H groups in total. The van der Waals surface area contributed by atoms with Crippen molar-refractivity contribution >= 4 is 17.4 Å². The fourth-order valence-corrected chi connectivity index (χ4v) is 3.96. The fraction of sp³-hybridized carbons (Fsp3) is 0.273. The second-order valence-corrected chi connectivity index (χ2v) is 8.46. The molecule has 0 saturated heterocycles. The summed E-state index contributed by atoms with van der Waals surface area (Å²) in [4.78, 5) is 13.6. The minimum absolute atomic E-state index is 0.353. The molecular weight excluding hydrogens is 372 g/mol. The van der Waals surface area contributed by atoms with E-state index in [0.29, 0.717) is 5.69 Å². The number of aromatic nitrogens is 1. The predicted octanol–water partition coefficient (Wildman–Crippen LogP) is 4.78. The molecular formula is C22H24N2O3S. The van der Waals surface area contributed by atoms with Gasteiger partial charge in [-0.05, 0) is 43.8 Å². The van der Waals surface area contributed by atoms with Gasteiger partial charge in [0.05, 0.1) is 6.04 Å². The minimum atomic E-state index is -0.616. The van der Waals surface area contributed by atoms with Crippen LogP contribution < -0.4 is 10.0 Å². The van der Waals surface area contributed by atoms with Gasteiger partial charge in [0.25, 0.3) is 0 Å². The van der Waals surface area contributed by atoms with Gasteiger partial charge in [-0.2, -0.15) is 4.73 Å². The number of alkyl carbamates (subject to hydrolysis) is 1. The maximum Gasteiger partial charge on any atom is 0.408 e. The molecule has 0 aliphatic carbocycles. The van der Waals surface area contributed by atoms with Crippen LogP contribution in [-0.2, 0) is 4.74 Å². The Labute approximate surface area is 169 Å². The summed E-state index contributed by atoms with van der Waals surface area (Å²) in [6.45, 7) is 5.47. The quantitative estimate of drug-likeness (QED) is 0.499. The molecule has 2 aromatic heterocycles. The van der Waals surface area contributed by atoms with E-state index in [0.717, 1.165) is 15.2 Å². The lowest BCUT2D eigenvalue weighted by Gasteiger charge is -2.28. The highest BCUT2D eigenvalue weighted by atomic mass is 32.1. The fourth-order valence-electron chi connectivity index (χ4n) is 3.09.